The zero-order valence-corrected chi connectivity index (χ0v) is 8.45. The van der Waals surface area contributed by atoms with Gasteiger partial charge in [-0.2, -0.15) is 0 Å². The van der Waals surface area contributed by atoms with E-state index in [-0.39, 0.29) is 5.91 Å². The van der Waals surface area contributed by atoms with Gasteiger partial charge in [0.2, 0.25) is 5.91 Å². The molecule has 0 aliphatic rings. The number of carbonyl (C=O) groups is 1. The standard InChI is InChI=1S/C10H16N2O2/c1-2-3-4-6-11-10(13)8-9-5-7-14-12-9/h5,7H,2-4,6,8H2,1H3,(H,11,13). The maximum absolute atomic E-state index is 11.3. The van der Waals surface area contributed by atoms with E-state index in [0.717, 1.165) is 19.4 Å². The highest BCUT2D eigenvalue weighted by molar-refractivity contribution is 5.77. The van der Waals surface area contributed by atoms with Gasteiger partial charge in [0.25, 0.3) is 0 Å². The third kappa shape index (κ3) is 4.07. The van der Waals surface area contributed by atoms with Crippen molar-refractivity contribution in [2.24, 2.45) is 0 Å². The van der Waals surface area contributed by atoms with Crippen LogP contribution in [0.4, 0.5) is 0 Å². The van der Waals surface area contributed by atoms with Crippen molar-refractivity contribution >= 4 is 5.91 Å². The van der Waals surface area contributed by atoms with Gasteiger partial charge in [-0.05, 0) is 6.42 Å². The van der Waals surface area contributed by atoms with Gasteiger partial charge in [0.1, 0.15) is 6.26 Å². The lowest BCUT2D eigenvalue weighted by atomic mass is 10.2. The average molecular weight is 196 g/mol. The molecule has 0 fully saturated rings. The number of hydrogen-bond acceptors (Lipinski definition) is 3. The molecule has 78 valence electrons. The Balaban J connectivity index is 2.11. The summed E-state index contributed by atoms with van der Waals surface area (Å²) in [5.74, 6) is 0.00926. The maximum atomic E-state index is 11.3. The molecule has 0 aliphatic carbocycles. The summed E-state index contributed by atoms with van der Waals surface area (Å²) >= 11 is 0. The maximum Gasteiger partial charge on any atom is 0.226 e. The zero-order chi connectivity index (χ0) is 10.2. The van der Waals surface area contributed by atoms with E-state index in [2.05, 4.69) is 21.9 Å². The van der Waals surface area contributed by atoms with E-state index >= 15 is 0 Å². The Morgan fingerprint density at radius 1 is 1.57 bits per heavy atom. The van der Waals surface area contributed by atoms with Crippen LogP contribution in [0.1, 0.15) is 31.9 Å². The third-order valence-corrected chi connectivity index (χ3v) is 1.94. The van der Waals surface area contributed by atoms with Crippen molar-refractivity contribution in [3.8, 4) is 0 Å². The number of amides is 1. The molecule has 0 saturated heterocycles. The summed E-state index contributed by atoms with van der Waals surface area (Å²) in [5.41, 5.74) is 0.679. The smallest absolute Gasteiger partial charge is 0.226 e. The van der Waals surface area contributed by atoms with E-state index in [0.29, 0.717) is 12.1 Å². The van der Waals surface area contributed by atoms with Crippen LogP contribution in [0.2, 0.25) is 0 Å². The number of aromatic nitrogens is 1. The summed E-state index contributed by atoms with van der Waals surface area (Å²) in [4.78, 5) is 11.3. The molecule has 14 heavy (non-hydrogen) atoms. The SMILES string of the molecule is CCCCCNC(=O)Cc1ccon1. The molecule has 4 nitrogen and oxygen atoms in total. The molecule has 0 spiro atoms. The molecular weight excluding hydrogens is 180 g/mol. The molecule has 1 aromatic heterocycles. The predicted octanol–water partition coefficient (Wildman–Crippen LogP) is 1.52. The molecule has 1 aromatic rings. The first-order chi connectivity index (χ1) is 6.83. The van der Waals surface area contributed by atoms with E-state index in [1.165, 1.54) is 12.7 Å². The third-order valence-electron chi connectivity index (χ3n) is 1.94. The number of unbranched alkanes of at least 4 members (excludes halogenated alkanes) is 2. The minimum atomic E-state index is 0.00926. The Kier molecular flexibility index (Phi) is 4.75. The predicted molar refractivity (Wildman–Crippen MR) is 52.7 cm³/mol. The molecule has 0 saturated carbocycles. The van der Waals surface area contributed by atoms with Crippen molar-refractivity contribution < 1.29 is 9.32 Å². The van der Waals surface area contributed by atoms with Crippen molar-refractivity contribution in [2.45, 2.75) is 32.6 Å². The molecule has 0 aliphatic heterocycles. The molecule has 0 atom stereocenters. The van der Waals surface area contributed by atoms with Gasteiger partial charge in [-0.1, -0.05) is 24.9 Å². The summed E-state index contributed by atoms with van der Waals surface area (Å²) in [6.07, 6.45) is 5.15. The van der Waals surface area contributed by atoms with Gasteiger partial charge in [0.15, 0.2) is 0 Å². The van der Waals surface area contributed by atoms with Crippen LogP contribution in [0.25, 0.3) is 0 Å². The Labute approximate surface area is 83.7 Å². The van der Waals surface area contributed by atoms with Gasteiger partial charge in [-0.25, -0.2) is 0 Å². The quantitative estimate of drug-likeness (QED) is 0.702. The second-order valence-electron chi connectivity index (χ2n) is 3.22. The molecule has 0 radical (unpaired) electrons. The summed E-state index contributed by atoms with van der Waals surface area (Å²) in [6, 6.07) is 1.70. The Morgan fingerprint density at radius 2 is 2.43 bits per heavy atom. The van der Waals surface area contributed by atoms with Crippen LogP contribution in [0, 0.1) is 0 Å². The normalized spacial score (nSPS) is 10.1. The van der Waals surface area contributed by atoms with Crippen molar-refractivity contribution in [2.75, 3.05) is 6.54 Å². The van der Waals surface area contributed by atoms with Gasteiger partial charge in [0.05, 0.1) is 12.1 Å². The van der Waals surface area contributed by atoms with Crippen LogP contribution < -0.4 is 5.32 Å². The summed E-state index contributed by atoms with van der Waals surface area (Å²) in [5, 5.41) is 6.50. The largest absolute Gasteiger partial charge is 0.364 e. The lowest BCUT2D eigenvalue weighted by molar-refractivity contribution is -0.120. The van der Waals surface area contributed by atoms with E-state index in [1.54, 1.807) is 6.07 Å². The first-order valence-corrected chi connectivity index (χ1v) is 4.99. The molecule has 0 aromatic carbocycles. The summed E-state index contributed by atoms with van der Waals surface area (Å²) < 4.78 is 4.63. The van der Waals surface area contributed by atoms with Crippen molar-refractivity contribution in [3.63, 3.8) is 0 Å². The van der Waals surface area contributed by atoms with Crippen LogP contribution in [0.5, 0.6) is 0 Å². The molecule has 0 bridgehead atoms. The highest BCUT2D eigenvalue weighted by Crippen LogP contribution is 1.96. The molecule has 1 heterocycles. The lowest BCUT2D eigenvalue weighted by Gasteiger charge is -2.02. The zero-order valence-electron chi connectivity index (χ0n) is 8.45. The van der Waals surface area contributed by atoms with E-state index in [4.69, 9.17) is 0 Å². The minimum absolute atomic E-state index is 0.00926. The highest BCUT2D eigenvalue weighted by Gasteiger charge is 2.04. The van der Waals surface area contributed by atoms with Crippen molar-refractivity contribution in [1.29, 1.82) is 0 Å². The molecule has 1 N–H and O–H groups in total. The van der Waals surface area contributed by atoms with E-state index < -0.39 is 0 Å². The number of nitrogens with one attached hydrogen (secondary N) is 1. The van der Waals surface area contributed by atoms with Gasteiger partial charge >= 0.3 is 0 Å². The summed E-state index contributed by atoms with van der Waals surface area (Å²) in [7, 11) is 0. The number of hydrogen-bond donors (Lipinski definition) is 1. The molecular formula is C10H16N2O2. The fourth-order valence-electron chi connectivity index (χ4n) is 1.16. The Morgan fingerprint density at radius 3 is 3.07 bits per heavy atom. The van der Waals surface area contributed by atoms with Gasteiger partial charge in [0, 0.05) is 12.6 Å². The number of carbonyl (C=O) groups excluding carboxylic acids is 1. The van der Waals surface area contributed by atoms with Gasteiger partial charge in [-0.15, -0.1) is 0 Å². The molecule has 1 rings (SSSR count). The lowest BCUT2D eigenvalue weighted by Crippen LogP contribution is -2.26. The highest BCUT2D eigenvalue weighted by atomic mass is 16.5. The Hall–Kier alpha value is -1.32. The van der Waals surface area contributed by atoms with Crippen LogP contribution in [0.15, 0.2) is 16.9 Å². The second kappa shape index (κ2) is 6.18. The van der Waals surface area contributed by atoms with Crippen molar-refractivity contribution in [1.82, 2.24) is 10.5 Å². The fourth-order valence-corrected chi connectivity index (χ4v) is 1.16. The topological polar surface area (TPSA) is 55.1 Å². The number of nitrogens with zero attached hydrogens (tertiary/aromatic N) is 1. The van der Waals surface area contributed by atoms with Crippen LogP contribution in [-0.2, 0) is 11.2 Å². The molecule has 0 unspecified atom stereocenters. The van der Waals surface area contributed by atoms with Gasteiger partial charge < -0.3 is 9.84 Å². The Bertz CT molecular complexity index is 257. The first kappa shape index (κ1) is 10.8. The van der Waals surface area contributed by atoms with Crippen LogP contribution in [-0.4, -0.2) is 17.6 Å². The molecule has 1 amide bonds. The van der Waals surface area contributed by atoms with Crippen molar-refractivity contribution in [3.05, 3.63) is 18.0 Å². The van der Waals surface area contributed by atoms with E-state index in [1.807, 2.05) is 0 Å². The average Bonchev–Trinajstić information content (AvgIpc) is 2.65. The fraction of sp³-hybridized carbons (Fsp3) is 0.600. The van der Waals surface area contributed by atoms with E-state index in [9.17, 15) is 4.79 Å². The van der Waals surface area contributed by atoms with Gasteiger partial charge in [-0.3, -0.25) is 4.79 Å². The second-order valence-corrected chi connectivity index (χ2v) is 3.22. The molecule has 4 heteroatoms. The number of rotatable bonds is 6. The van der Waals surface area contributed by atoms with Crippen LogP contribution >= 0.6 is 0 Å². The first-order valence-electron chi connectivity index (χ1n) is 4.99. The summed E-state index contributed by atoms with van der Waals surface area (Å²) in [6.45, 7) is 2.89. The van der Waals surface area contributed by atoms with Crippen LogP contribution in [0.3, 0.4) is 0 Å². The minimum Gasteiger partial charge on any atom is -0.364 e. The monoisotopic (exact) mass is 196 g/mol.